The van der Waals surface area contributed by atoms with Crippen LogP contribution in [-0.2, 0) is 6.42 Å². The molecule has 1 heterocycles. The molecule has 1 saturated carbocycles. The van der Waals surface area contributed by atoms with Crippen LogP contribution in [0.4, 0.5) is 0 Å². The first-order chi connectivity index (χ1) is 9.86. The van der Waals surface area contributed by atoms with Gasteiger partial charge in [-0.25, -0.2) is 0 Å². The number of rotatable bonds is 6. The molecule has 1 aliphatic carbocycles. The Morgan fingerprint density at radius 2 is 2.05 bits per heavy atom. The molecule has 1 fully saturated rings. The monoisotopic (exact) mass is 287 g/mol. The van der Waals surface area contributed by atoms with Crippen molar-refractivity contribution in [1.29, 1.82) is 0 Å². The van der Waals surface area contributed by atoms with Crippen LogP contribution < -0.4 is 5.32 Å². The maximum Gasteiger partial charge on any atom is 0.139 e. The van der Waals surface area contributed by atoms with Crippen molar-refractivity contribution in [2.75, 3.05) is 6.54 Å². The van der Waals surface area contributed by atoms with Gasteiger partial charge < -0.3 is 5.32 Å². The van der Waals surface area contributed by atoms with Crippen LogP contribution in [0.2, 0.25) is 0 Å². The number of nitrogens with one attached hydrogen (secondary N) is 1. The summed E-state index contributed by atoms with van der Waals surface area (Å²) in [6.45, 7) is 3.06. The summed E-state index contributed by atoms with van der Waals surface area (Å²) in [5.41, 5.74) is 1.26. The third-order valence-electron chi connectivity index (χ3n) is 3.96. The Morgan fingerprint density at radius 1 is 1.25 bits per heavy atom. The normalized spacial score (nSPS) is 16.9. The summed E-state index contributed by atoms with van der Waals surface area (Å²) in [6, 6.07) is 10.7. The molecule has 106 valence electrons. The van der Waals surface area contributed by atoms with Gasteiger partial charge >= 0.3 is 0 Å². The van der Waals surface area contributed by atoms with Crippen molar-refractivity contribution in [1.82, 2.24) is 15.5 Å². The van der Waals surface area contributed by atoms with Crippen LogP contribution in [-0.4, -0.2) is 16.7 Å². The summed E-state index contributed by atoms with van der Waals surface area (Å²) in [5, 5.41) is 14.6. The lowest BCUT2D eigenvalue weighted by molar-refractivity contribution is 0.313. The van der Waals surface area contributed by atoms with Crippen LogP contribution in [0, 0.1) is 5.92 Å². The largest absolute Gasteiger partial charge is 0.304 e. The fourth-order valence-corrected chi connectivity index (χ4v) is 3.67. The van der Waals surface area contributed by atoms with E-state index in [9.17, 15) is 0 Å². The topological polar surface area (TPSA) is 37.8 Å². The van der Waals surface area contributed by atoms with E-state index in [4.69, 9.17) is 0 Å². The van der Waals surface area contributed by atoms with E-state index in [2.05, 4.69) is 52.8 Å². The quantitative estimate of drug-likeness (QED) is 0.882. The van der Waals surface area contributed by atoms with Crippen molar-refractivity contribution in [3.05, 3.63) is 45.9 Å². The highest BCUT2D eigenvalue weighted by Gasteiger charge is 2.22. The minimum absolute atomic E-state index is 0.175. The molecule has 0 aliphatic heterocycles. The van der Waals surface area contributed by atoms with Crippen LogP contribution >= 0.6 is 11.3 Å². The highest BCUT2D eigenvalue weighted by atomic mass is 32.1. The Kier molecular flexibility index (Phi) is 4.43. The van der Waals surface area contributed by atoms with E-state index in [0.717, 1.165) is 23.9 Å². The van der Waals surface area contributed by atoms with Crippen molar-refractivity contribution in [2.24, 2.45) is 5.92 Å². The molecule has 4 heteroatoms. The van der Waals surface area contributed by atoms with E-state index in [-0.39, 0.29) is 6.04 Å². The molecule has 1 aromatic carbocycles. The second kappa shape index (κ2) is 6.46. The number of hydrogen-bond donors (Lipinski definition) is 1. The molecule has 3 rings (SSSR count). The minimum atomic E-state index is 0.175. The van der Waals surface area contributed by atoms with E-state index in [1.807, 2.05) is 0 Å². The average molecular weight is 287 g/mol. The van der Waals surface area contributed by atoms with Gasteiger partial charge in [0.25, 0.3) is 0 Å². The Morgan fingerprint density at radius 3 is 2.70 bits per heavy atom. The summed E-state index contributed by atoms with van der Waals surface area (Å²) >= 11 is 1.77. The summed E-state index contributed by atoms with van der Waals surface area (Å²) in [4.78, 5) is 0. The molecule has 1 unspecified atom stereocenters. The summed E-state index contributed by atoms with van der Waals surface area (Å²) in [7, 11) is 0. The van der Waals surface area contributed by atoms with E-state index in [1.54, 1.807) is 11.3 Å². The smallest absolute Gasteiger partial charge is 0.139 e. The zero-order valence-electron chi connectivity index (χ0n) is 11.9. The molecule has 1 aromatic heterocycles. The highest BCUT2D eigenvalue weighted by Crippen LogP contribution is 2.32. The van der Waals surface area contributed by atoms with Crippen molar-refractivity contribution >= 4 is 11.3 Å². The predicted molar refractivity (Wildman–Crippen MR) is 82.9 cm³/mol. The molecule has 20 heavy (non-hydrogen) atoms. The van der Waals surface area contributed by atoms with Crippen LogP contribution in [0.5, 0.6) is 0 Å². The first kappa shape index (κ1) is 13.7. The third-order valence-corrected chi connectivity index (χ3v) is 4.97. The fraction of sp³-hybridized carbons (Fsp3) is 0.500. The number of hydrogen-bond acceptors (Lipinski definition) is 4. The molecule has 0 amide bonds. The lowest BCUT2D eigenvalue weighted by Crippen LogP contribution is -2.21. The Balaban J connectivity index is 1.77. The molecule has 1 N–H and O–H groups in total. The zero-order valence-corrected chi connectivity index (χ0v) is 12.7. The number of nitrogens with zero attached hydrogens (tertiary/aromatic N) is 2. The Hall–Kier alpha value is -1.26. The van der Waals surface area contributed by atoms with Crippen molar-refractivity contribution in [2.45, 2.75) is 38.6 Å². The third kappa shape index (κ3) is 3.07. The summed E-state index contributed by atoms with van der Waals surface area (Å²) in [5.74, 6) is 0.852. The molecule has 0 spiro atoms. The summed E-state index contributed by atoms with van der Waals surface area (Å²) < 4.78 is 0. The molecular weight excluding hydrogens is 266 g/mol. The highest BCUT2D eigenvalue weighted by molar-refractivity contribution is 7.11. The molecule has 2 aromatic rings. The second-order valence-corrected chi connectivity index (χ2v) is 6.53. The molecule has 1 aliphatic rings. The number of aromatic nitrogens is 2. The van der Waals surface area contributed by atoms with E-state index in [0.29, 0.717) is 0 Å². The van der Waals surface area contributed by atoms with E-state index in [1.165, 1.54) is 29.8 Å². The van der Waals surface area contributed by atoms with Gasteiger partial charge in [0, 0.05) is 6.42 Å². The van der Waals surface area contributed by atoms with E-state index >= 15 is 0 Å². The van der Waals surface area contributed by atoms with Gasteiger partial charge in [0.15, 0.2) is 0 Å². The Bertz CT molecular complexity index is 534. The van der Waals surface area contributed by atoms with Gasteiger partial charge in [-0.1, -0.05) is 67.9 Å². The average Bonchev–Trinajstić information content (AvgIpc) is 2.90. The molecule has 0 saturated heterocycles. The first-order valence-electron chi connectivity index (χ1n) is 7.47. The maximum atomic E-state index is 4.43. The SMILES string of the molecule is CCNC(c1ccccc1)c1nnc(CC2CCC2)s1. The van der Waals surface area contributed by atoms with Crippen molar-refractivity contribution in [3.8, 4) is 0 Å². The van der Waals surface area contributed by atoms with Gasteiger partial charge in [-0.3, -0.25) is 0 Å². The lowest BCUT2D eigenvalue weighted by atomic mass is 9.83. The van der Waals surface area contributed by atoms with Crippen LogP contribution in [0.1, 0.15) is 47.8 Å². The van der Waals surface area contributed by atoms with Gasteiger partial charge in [0.1, 0.15) is 10.0 Å². The second-order valence-electron chi connectivity index (χ2n) is 5.44. The van der Waals surface area contributed by atoms with Crippen LogP contribution in [0.3, 0.4) is 0 Å². The van der Waals surface area contributed by atoms with Crippen molar-refractivity contribution in [3.63, 3.8) is 0 Å². The molecule has 0 radical (unpaired) electrons. The van der Waals surface area contributed by atoms with Crippen molar-refractivity contribution < 1.29 is 0 Å². The van der Waals surface area contributed by atoms with Gasteiger partial charge in [-0.2, -0.15) is 0 Å². The number of benzene rings is 1. The lowest BCUT2D eigenvalue weighted by Gasteiger charge is -2.23. The molecule has 0 bridgehead atoms. The maximum absolute atomic E-state index is 4.43. The fourth-order valence-electron chi connectivity index (χ4n) is 2.61. The Labute approximate surface area is 124 Å². The first-order valence-corrected chi connectivity index (χ1v) is 8.29. The standard InChI is InChI=1S/C16H21N3S/c1-2-17-15(13-9-4-3-5-10-13)16-19-18-14(20-16)11-12-7-6-8-12/h3-5,9-10,12,15,17H,2,6-8,11H2,1H3. The van der Waals surface area contributed by atoms with E-state index < -0.39 is 0 Å². The van der Waals surface area contributed by atoms with Gasteiger partial charge in [-0.05, 0) is 18.0 Å². The van der Waals surface area contributed by atoms with Gasteiger partial charge in [-0.15, -0.1) is 10.2 Å². The zero-order chi connectivity index (χ0) is 13.8. The predicted octanol–water partition coefficient (Wildman–Crippen LogP) is 3.58. The molecular formula is C16H21N3S. The van der Waals surface area contributed by atoms with Gasteiger partial charge in [0.2, 0.25) is 0 Å². The molecule has 3 nitrogen and oxygen atoms in total. The van der Waals surface area contributed by atoms with Crippen LogP contribution in [0.15, 0.2) is 30.3 Å². The summed E-state index contributed by atoms with van der Waals surface area (Å²) in [6.07, 6.45) is 5.24. The van der Waals surface area contributed by atoms with Crippen LogP contribution in [0.25, 0.3) is 0 Å². The van der Waals surface area contributed by atoms with Gasteiger partial charge in [0.05, 0.1) is 6.04 Å². The molecule has 1 atom stereocenters. The minimum Gasteiger partial charge on any atom is -0.304 e.